The molecule has 1 N–H and O–H groups in total. The molecule has 0 spiro atoms. The number of nitrogens with one attached hydrogen (secondary N) is 1. The van der Waals surface area contributed by atoms with Crippen molar-refractivity contribution in [2.75, 3.05) is 18.5 Å². The number of anilines is 1. The van der Waals surface area contributed by atoms with Crippen molar-refractivity contribution in [3.63, 3.8) is 0 Å². The van der Waals surface area contributed by atoms with Gasteiger partial charge in [0.15, 0.2) is 0 Å². The Balaban J connectivity index is 2.57. The summed E-state index contributed by atoms with van der Waals surface area (Å²) in [5.41, 5.74) is -0.222. The molecule has 0 saturated carbocycles. The zero-order chi connectivity index (χ0) is 15.0. The molecule has 5 nitrogen and oxygen atoms in total. The molecule has 0 aliphatic rings. The summed E-state index contributed by atoms with van der Waals surface area (Å²) in [4.78, 5) is 16.2. The summed E-state index contributed by atoms with van der Waals surface area (Å²) in [6.45, 7) is 8.74. The van der Waals surface area contributed by atoms with Crippen molar-refractivity contribution in [1.29, 1.82) is 0 Å². The Bertz CT molecular complexity index is 416. The highest BCUT2D eigenvalue weighted by molar-refractivity contribution is 5.96. The Hall–Kier alpha value is -1.62. The number of carbonyl (C=O) groups is 1. The summed E-state index contributed by atoms with van der Waals surface area (Å²) in [6.07, 6.45) is 3.39. The molecule has 112 valence electrons. The number of amides is 1. The minimum Gasteiger partial charge on any atom is -0.478 e. The van der Waals surface area contributed by atoms with Gasteiger partial charge >= 0.3 is 0 Å². The van der Waals surface area contributed by atoms with E-state index in [0.717, 1.165) is 12.8 Å². The molecule has 0 bridgehead atoms. The lowest BCUT2D eigenvalue weighted by atomic mass is 10.1. The predicted octanol–water partition coefficient (Wildman–Crippen LogP) is 3.01. The molecule has 5 heteroatoms. The number of hydrogen-bond donors (Lipinski definition) is 1. The quantitative estimate of drug-likeness (QED) is 0.795. The van der Waals surface area contributed by atoms with E-state index in [1.54, 1.807) is 32.2 Å². The number of aromatic nitrogens is 1. The van der Waals surface area contributed by atoms with E-state index in [0.29, 0.717) is 24.8 Å². The van der Waals surface area contributed by atoms with Crippen molar-refractivity contribution in [2.45, 2.75) is 46.1 Å². The normalized spacial score (nSPS) is 11.2. The third-order valence-electron chi connectivity index (χ3n) is 2.66. The fourth-order valence-corrected chi connectivity index (χ4v) is 1.45. The van der Waals surface area contributed by atoms with Gasteiger partial charge in [0.05, 0.1) is 18.5 Å². The number of carbonyl (C=O) groups excluding carboxylic acids is 1. The van der Waals surface area contributed by atoms with Crippen LogP contribution < -0.4 is 10.1 Å². The molecular formula is C15H24N2O3. The lowest BCUT2D eigenvalue weighted by Gasteiger charge is -2.23. The molecule has 0 aliphatic carbocycles. The molecule has 0 unspecified atom stereocenters. The maximum absolute atomic E-state index is 12.1. The van der Waals surface area contributed by atoms with Gasteiger partial charge in [-0.2, -0.15) is 0 Å². The maximum atomic E-state index is 12.1. The zero-order valence-corrected chi connectivity index (χ0v) is 12.7. The molecule has 1 aromatic rings. The summed E-state index contributed by atoms with van der Waals surface area (Å²) in [6, 6.07) is 3.51. The highest BCUT2D eigenvalue weighted by Gasteiger charge is 2.28. The van der Waals surface area contributed by atoms with E-state index in [9.17, 15) is 4.79 Å². The Morgan fingerprint density at radius 1 is 1.25 bits per heavy atom. The second-order valence-corrected chi connectivity index (χ2v) is 5.05. The molecule has 1 heterocycles. The van der Waals surface area contributed by atoms with Crippen LogP contribution in [0.3, 0.4) is 0 Å². The molecule has 0 fully saturated rings. The van der Waals surface area contributed by atoms with Crippen molar-refractivity contribution < 1.29 is 14.3 Å². The fourth-order valence-electron chi connectivity index (χ4n) is 1.45. The van der Waals surface area contributed by atoms with Crippen molar-refractivity contribution in [3.05, 3.63) is 18.3 Å². The monoisotopic (exact) mass is 280 g/mol. The van der Waals surface area contributed by atoms with Crippen LogP contribution in [-0.4, -0.2) is 29.7 Å². The first-order valence-corrected chi connectivity index (χ1v) is 7.04. The van der Waals surface area contributed by atoms with Crippen LogP contribution in [0.25, 0.3) is 0 Å². The zero-order valence-electron chi connectivity index (χ0n) is 12.7. The maximum Gasteiger partial charge on any atom is 0.256 e. The van der Waals surface area contributed by atoms with Gasteiger partial charge < -0.3 is 14.8 Å². The summed E-state index contributed by atoms with van der Waals surface area (Å²) >= 11 is 0. The average Bonchev–Trinajstić information content (AvgIpc) is 2.44. The highest BCUT2D eigenvalue weighted by atomic mass is 16.5. The third kappa shape index (κ3) is 5.17. The molecule has 0 saturated heterocycles. The number of nitrogens with zero attached hydrogens (tertiary/aromatic N) is 1. The van der Waals surface area contributed by atoms with Crippen LogP contribution in [0, 0.1) is 0 Å². The molecule has 0 atom stereocenters. The molecule has 0 aromatic carbocycles. The van der Waals surface area contributed by atoms with E-state index in [2.05, 4.69) is 10.3 Å². The fraction of sp³-hybridized carbons (Fsp3) is 0.600. The molecule has 1 amide bonds. The molecule has 0 radical (unpaired) electrons. The van der Waals surface area contributed by atoms with Crippen LogP contribution in [0.5, 0.6) is 5.88 Å². The lowest BCUT2D eigenvalue weighted by Crippen LogP contribution is -2.40. The number of rotatable bonds is 8. The van der Waals surface area contributed by atoms with Crippen molar-refractivity contribution >= 4 is 11.6 Å². The topological polar surface area (TPSA) is 60.5 Å². The van der Waals surface area contributed by atoms with Gasteiger partial charge in [0, 0.05) is 12.7 Å². The number of ether oxygens (including phenoxy) is 2. The SMILES string of the molecule is CCCOc1ccc(NC(=O)C(C)(C)OCCC)cn1. The first-order chi connectivity index (χ1) is 9.49. The van der Waals surface area contributed by atoms with E-state index in [1.807, 2.05) is 13.8 Å². The standard InChI is InChI=1S/C15H24N2O3/c1-5-9-19-13-8-7-12(11-16-13)17-14(18)15(3,4)20-10-6-2/h7-8,11H,5-6,9-10H2,1-4H3,(H,17,18). The Kier molecular flexibility index (Phi) is 6.45. The van der Waals surface area contributed by atoms with E-state index < -0.39 is 5.60 Å². The number of pyridine rings is 1. The Morgan fingerprint density at radius 3 is 2.50 bits per heavy atom. The van der Waals surface area contributed by atoms with Crippen molar-refractivity contribution in [3.8, 4) is 5.88 Å². The van der Waals surface area contributed by atoms with E-state index in [4.69, 9.17) is 9.47 Å². The molecule has 1 rings (SSSR count). The van der Waals surface area contributed by atoms with Crippen LogP contribution >= 0.6 is 0 Å². The first kappa shape index (κ1) is 16.4. The van der Waals surface area contributed by atoms with Crippen LogP contribution in [-0.2, 0) is 9.53 Å². The summed E-state index contributed by atoms with van der Waals surface area (Å²) < 4.78 is 10.9. The Morgan fingerprint density at radius 2 is 1.95 bits per heavy atom. The van der Waals surface area contributed by atoms with E-state index in [1.165, 1.54) is 0 Å². The molecule has 1 aromatic heterocycles. The van der Waals surface area contributed by atoms with E-state index >= 15 is 0 Å². The lowest BCUT2D eigenvalue weighted by molar-refractivity contribution is -0.137. The van der Waals surface area contributed by atoms with Gasteiger partial charge in [-0.1, -0.05) is 13.8 Å². The first-order valence-electron chi connectivity index (χ1n) is 7.04. The van der Waals surface area contributed by atoms with Gasteiger partial charge in [0.25, 0.3) is 5.91 Å². The van der Waals surface area contributed by atoms with Crippen LogP contribution in [0.4, 0.5) is 5.69 Å². The van der Waals surface area contributed by atoms with E-state index in [-0.39, 0.29) is 5.91 Å². The second-order valence-electron chi connectivity index (χ2n) is 5.05. The van der Waals surface area contributed by atoms with Crippen LogP contribution in [0.1, 0.15) is 40.5 Å². The van der Waals surface area contributed by atoms with Crippen LogP contribution in [0.15, 0.2) is 18.3 Å². The third-order valence-corrected chi connectivity index (χ3v) is 2.66. The molecule has 20 heavy (non-hydrogen) atoms. The number of hydrogen-bond acceptors (Lipinski definition) is 4. The predicted molar refractivity (Wildman–Crippen MR) is 79.0 cm³/mol. The smallest absolute Gasteiger partial charge is 0.256 e. The largest absolute Gasteiger partial charge is 0.478 e. The van der Waals surface area contributed by atoms with Crippen LogP contribution in [0.2, 0.25) is 0 Å². The Labute approximate surface area is 120 Å². The van der Waals surface area contributed by atoms with Crippen molar-refractivity contribution in [1.82, 2.24) is 4.98 Å². The van der Waals surface area contributed by atoms with Gasteiger partial charge in [0.2, 0.25) is 5.88 Å². The summed E-state index contributed by atoms with van der Waals surface area (Å²) in [5.74, 6) is 0.376. The summed E-state index contributed by atoms with van der Waals surface area (Å²) in [7, 11) is 0. The average molecular weight is 280 g/mol. The minimum atomic E-state index is -0.854. The van der Waals surface area contributed by atoms with Gasteiger partial charge in [-0.05, 0) is 32.8 Å². The van der Waals surface area contributed by atoms with Gasteiger partial charge in [-0.3, -0.25) is 4.79 Å². The van der Waals surface area contributed by atoms with Gasteiger partial charge in [0.1, 0.15) is 5.60 Å². The summed E-state index contributed by atoms with van der Waals surface area (Å²) in [5, 5.41) is 2.79. The minimum absolute atomic E-state index is 0.185. The highest BCUT2D eigenvalue weighted by Crippen LogP contribution is 2.16. The van der Waals surface area contributed by atoms with Gasteiger partial charge in [-0.15, -0.1) is 0 Å². The van der Waals surface area contributed by atoms with Gasteiger partial charge in [-0.25, -0.2) is 4.98 Å². The molecular weight excluding hydrogens is 256 g/mol. The second kappa shape index (κ2) is 7.85. The molecule has 0 aliphatic heterocycles. The van der Waals surface area contributed by atoms with Crippen molar-refractivity contribution in [2.24, 2.45) is 0 Å².